The molecule has 2 bridgehead atoms. The molecular weight excluding hydrogens is 324 g/mol. The molecular formula is C21H28N4O. The fraction of sp³-hybridized carbons (Fsp3) is 0.524. The zero-order chi connectivity index (χ0) is 18.3. The number of aryl methyl sites for hydroxylation is 1. The van der Waals surface area contributed by atoms with Gasteiger partial charge in [-0.2, -0.15) is 5.10 Å². The van der Waals surface area contributed by atoms with Crippen LogP contribution in [0.15, 0.2) is 30.5 Å². The molecule has 2 aromatic rings. The molecule has 4 rings (SSSR count). The van der Waals surface area contributed by atoms with Crippen LogP contribution in [0.5, 0.6) is 0 Å². The topological polar surface area (TPSA) is 59.0 Å². The van der Waals surface area contributed by atoms with E-state index in [0.717, 1.165) is 24.2 Å². The highest BCUT2D eigenvalue weighted by atomic mass is 16.1. The number of rotatable bonds is 4. The van der Waals surface area contributed by atoms with E-state index in [2.05, 4.69) is 60.8 Å². The van der Waals surface area contributed by atoms with E-state index < -0.39 is 0 Å². The van der Waals surface area contributed by atoms with Crippen LogP contribution in [-0.2, 0) is 0 Å². The molecule has 2 N–H and O–H groups in total. The maximum atomic E-state index is 13.0. The quantitative estimate of drug-likeness (QED) is 0.887. The van der Waals surface area contributed by atoms with Gasteiger partial charge in [-0.15, -0.1) is 0 Å². The Hall–Kier alpha value is -2.14. The fourth-order valence-corrected chi connectivity index (χ4v) is 4.42. The first kappa shape index (κ1) is 17.3. The zero-order valence-corrected chi connectivity index (χ0v) is 15.8. The monoisotopic (exact) mass is 352 g/mol. The van der Waals surface area contributed by atoms with E-state index in [-0.39, 0.29) is 17.9 Å². The summed E-state index contributed by atoms with van der Waals surface area (Å²) in [5.41, 5.74) is 3.89. The number of carbonyl (C=O) groups excluding carboxylic acids is 1. The maximum absolute atomic E-state index is 13.0. The Morgan fingerprint density at radius 2 is 1.85 bits per heavy atom. The van der Waals surface area contributed by atoms with Gasteiger partial charge >= 0.3 is 0 Å². The van der Waals surface area contributed by atoms with Crippen molar-refractivity contribution < 1.29 is 4.79 Å². The summed E-state index contributed by atoms with van der Waals surface area (Å²) in [4.78, 5) is 13.0. The van der Waals surface area contributed by atoms with Gasteiger partial charge in [0.25, 0.3) is 5.91 Å². The highest BCUT2D eigenvalue weighted by molar-refractivity contribution is 5.95. The third-order valence-corrected chi connectivity index (χ3v) is 5.68. The summed E-state index contributed by atoms with van der Waals surface area (Å²) in [5, 5.41) is 11.4. The SMILES string of the molecule is Cc1ccc(-n2ncc(C(=O)NC3CC4CCC(C3)N4)c2C(C)C)cc1. The number of nitrogens with zero attached hydrogens (tertiary/aromatic N) is 2. The lowest BCUT2D eigenvalue weighted by Crippen LogP contribution is -2.48. The largest absolute Gasteiger partial charge is 0.349 e. The molecule has 0 spiro atoms. The number of aromatic nitrogens is 2. The Balaban J connectivity index is 1.57. The molecule has 138 valence electrons. The molecule has 0 radical (unpaired) electrons. The zero-order valence-electron chi connectivity index (χ0n) is 15.8. The van der Waals surface area contributed by atoms with Gasteiger partial charge in [0.05, 0.1) is 23.1 Å². The number of carbonyl (C=O) groups is 1. The molecule has 2 aliphatic rings. The van der Waals surface area contributed by atoms with Gasteiger partial charge in [-0.25, -0.2) is 4.68 Å². The van der Waals surface area contributed by atoms with Crippen LogP contribution in [-0.4, -0.2) is 33.8 Å². The van der Waals surface area contributed by atoms with Gasteiger partial charge in [-0.3, -0.25) is 4.79 Å². The Labute approximate surface area is 155 Å². The normalized spacial score (nSPS) is 24.8. The van der Waals surface area contributed by atoms with E-state index >= 15 is 0 Å². The smallest absolute Gasteiger partial charge is 0.255 e. The molecule has 2 saturated heterocycles. The van der Waals surface area contributed by atoms with Gasteiger partial charge in [0, 0.05) is 18.1 Å². The fourth-order valence-electron chi connectivity index (χ4n) is 4.42. The third kappa shape index (κ3) is 3.28. The van der Waals surface area contributed by atoms with E-state index in [1.807, 2.05) is 4.68 Å². The molecule has 26 heavy (non-hydrogen) atoms. The summed E-state index contributed by atoms with van der Waals surface area (Å²) in [5.74, 6) is 0.224. The molecule has 2 aliphatic heterocycles. The molecule has 1 aromatic carbocycles. The predicted molar refractivity (Wildman–Crippen MR) is 103 cm³/mol. The van der Waals surface area contributed by atoms with E-state index in [0.29, 0.717) is 17.6 Å². The van der Waals surface area contributed by atoms with Crippen molar-refractivity contribution in [2.45, 2.75) is 70.5 Å². The second kappa shape index (κ2) is 6.88. The highest BCUT2D eigenvalue weighted by Crippen LogP contribution is 2.28. The Bertz CT molecular complexity index is 781. The lowest BCUT2D eigenvalue weighted by molar-refractivity contribution is 0.0922. The van der Waals surface area contributed by atoms with Crippen molar-refractivity contribution in [2.75, 3.05) is 0 Å². The van der Waals surface area contributed by atoms with Crippen LogP contribution in [0.25, 0.3) is 5.69 Å². The second-order valence-corrected chi connectivity index (χ2v) is 8.13. The minimum atomic E-state index is 0.0124. The molecule has 0 saturated carbocycles. The van der Waals surface area contributed by atoms with Gasteiger partial charge < -0.3 is 10.6 Å². The van der Waals surface area contributed by atoms with Crippen LogP contribution < -0.4 is 10.6 Å². The third-order valence-electron chi connectivity index (χ3n) is 5.68. The first-order valence-corrected chi connectivity index (χ1v) is 9.73. The van der Waals surface area contributed by atoms with Gasteiger partial charge in [0.2, 0.25) is 0 Å². The molecule has 3 heterocycles. The lowest BCUT2D eigenvalue weighted by atomic mass is 9.98. The number of hydrogen-bond donors (Lipinski definition) is 2. The van der Waals surface area contributed by atoms with Gasteiger partial charge in [-0.05, 0) is 50.7 Å². The first-order valence-electron chi connectivity index (χ1n) is 9.73. The van der Waals surface area contributed by atoms with Crippen molar-refractivity contribution in [3.8, 4) is 5.69 Å². The molecule has 1 aromatic heterocycles. The summed E-state index contributed by atoms with van der Waals surface area (Å²) < 4.78 is 1.91. The van der Waals surface area contributed by atoms with Crippen LogP contribution in [0.1, 0.15) is 67.1 Å². The maximum Gasteiger partial charge on any atom is 0.255 e. The summed E-state index contributed by atoms with van der Waals surface area (Å²) in [6.07, 6.45) is 6.26. The van der Waals surface area contributed by atoms with Gasteiger partial charge in [0.15, 0.2) is 0 Å². The van der Waals surface area contributed by atoms with E-state index in [4.69, 9.17) is 0 Å². The summed E-state index contributed by atoms with van der Waals surface area (Å²) in [6, 6.07) is 9.67. The van der Waals surface area contributed by atoms with Crippen molar-refractivity contribution in [3.05, 3.63) is 47.3 Å². The number of hydrogen-bond acceptors (Lipinski definition) is 3. The first-order chi connectivity index (χ1) is 12.5. The van der Waals surface area contributed by atoms with Crippen LogP contribution in [0, 0.1) is 6.92 Å². The lowest BCUT2D eigenvalue weighted by Gasteiger charge is -2.29. The van der Waals surface area contributed by atoms with Crippen LogP contribution in [0.2, 0.25) is 0 Å². The van der Waals surface area contributed by atoms with E-state index in [9.17, 15) is 4.79 Å². The van der Waals surface area contributed by atoms with Gasteiger partial charge in [-0.1, -0.05) is 31.5 Å². The number of piperidine rings is 1. The summed E-state index contributed by atoms with van der Waals surface area (Å²) in [6.45, 7) is 6.30. The van der Waals surface area contributed by atoms with Crippen LogP contribution in [0.3, 0.4) is 0 Å². The Morgan fingerprint density at radius 3 is 2.46 bits per heavy atom. The highest BCUT2D eigenvalue weighted by Gasteiger charge is 2.34. The average Bonchev–Trinajstić information content (AvgIpc) is 3.19. The van der Waals surface area contributed by atoms with Crippen molar-refractivity contribution >= 4 is 5.91 Å². The second-order valence-electron chi connectivity index (χ2n) is 8.13. The molecule has 2 fully saturated rings. The van der Waals surface area contributed by atoms with E-state index in [1.165, 1.54) is 18.4 Å². The van der Waals surface area contributed by atoms with Crippen molar-refractivity contribution in [3.63, 3.8) is 0 Å². The van der Waals surface area contributed by atoms with Crippen LogP contribution >= 0.6 is 0 Å². The standard InChI is InChI=1S/C21H28N4O/c1-13(2)20-19(12-22-25(20)18-8-4-14(3)5-9-18)21(26)24-17-10-15-6-7-16(11-17)23-15/h4-5,8-9,12-13,15-17,23H,6-7,10-11H2,1-3H3,(H,24,26). The average molecular weight is 352 g/mol. The number of fused-ring (bicyclic) bond motifs is 2. The van der Waals surface area contributed by atoms with Crippen molar-refractivity contribution in [2.24, 2.45) is 0 Å². The van der Waals surface area contributed by atoms with Gasteiger partial charge in [0.1, 0.15) is 0 Å². The van der Waals surface area contributed by atoms with Crippen molar-refractivity contribution in [1.29, 1.82) is 0 Å². The minimum Gasteiger partial charge on any atom is -0.349 e. The molecule has 2 atom stereocenters. The number of nitrogens with one attached hydrogen (secondary N) is 2. The molecule has 2 unspecified atom stereocenters. The molecule has 1 amide bonds. The predicted octanol–water partition coefficient (Wildman–Crippen LogP) is 3.32. The molecule has 0 aliphatic carbocycles. The van der Waals surface area contributed by atoms with E-state index in [1.54, 1.807) is 6.20 Å². The van der Waals surface area contributed by atoms with Crippen molar-refractivity contribution in [1.82, 2.24) is 20.4 Å². The summed E-state index contributed by atoms with van der Waals surface area (Å²) >= 11 is 0. The molecule has 5 nitrogen and oxygen atoms in total. The molecule has 5 heteroatoms. The Kier molecular flexibility index (Phi) is 4.57. The minimum absolute atomic E-state index is 0.0124. The van der Waals surface area contributed by atoms with Crippen LogP contribution in [0.4, 0.5) is 0 Å². The Morgan fingerprint density at radius 1 is 1.19 bits per heavy atom. The summed E-state index contributed by atoms with van der Waals surface area (Å²) in [7, 11) is 0. The number of amides is 1. The number of benzene rings is 1.